The zero-order valence-corrected chi connectivity index (χ0v) is 11.7. The van der Waals surface area contributed by atoms with Gasteiger partial charge in [0.1, 0.15) is 0 Å². The Kier molecular flexibility index (Phi) is 4.22. The van der Waals surface area contributed by atoms with Crippen LogP contribution in [0.4, 0.5) is 5.69 Å². The predicted octanol–water partition coefficient (Wildman–Crippen LogP) is 2.78. The van der Waals surface area contributed by atoms with Crippen LogP contribution in [0.1, 0.15) is 6.92 Å². The maximum absolute atomic E-state index is 11.8. The molecule has 100 valence electrons. The van der Waals surface area contributed by atoms with E-state index in [1.165, 1.54) is 0 Å². The van der Waals surface area contributed by atoms with E-state index in [2.05, 4.69) is 10.3 Å². The number of hydrogen-bond donors (Lipinski definition) is 1. The van der Waals surface area contributed by atoms with E-state index in [1.54, 1.807) is 24.2 Å². The van der Waals surface area contributed by atoms with Crippen LogP contribution in [-0.2, 0) is 4.79 Å². The van der Waals surface area contributed by atoms with E-state index in [0.717, 1.165) is 16.6 Å². The van der Waals surface area contributed by atoms with Gasteiger partial charge in [0.25, 0.3) is 0 Å². The minimum atomic E-state index is 0.0505. The summed E-state index contributed by atoms with van der Waals surface area (Å²) >= 11 is 6.00. The SMILES string of the molecule is CCN(C)C(=O)CNc1ccnc2ccc(Cl)cc12. The molecule has 0 unspecified atom stereocenters. The van der Waals surface area contributed by atoms with E-state index in [4.69, 9.17) is 11.6 Å². The number of fused-ring (bicyclic) bond motifs is 1. The van der Waals surface area contributed by atoms with Gasteiger partial charge >= 0.3 is 0 Å². The zero-order valence-electron chi connectivity index (χ0n) is 11.0. The molecule has 0 fully saturated rings. The van der Waals surface area contributed by atoms with Crippen molar-refractivity contribution in [2.45, 2.75) is 6.92 Å². The summed E-state index contributed by atoms with van der Waals surface area (Å²) in [6.45, 7) is 2.90. The summed E-state index contributed by atoms with van der Waals surface area (Å²) in [5.41, 5.74) is 1.72. The Bertz CT molecular complexity index is 600. The van der Waals surface area contributed by atoms with E-state index < -0.39 is 0 Å². The monoisotopic (exact) mass is 277 g/mol. The highest BCUT2D eigenvalue weighted by Gasteiger charge is 2.08. The topological polar surface area (TPSA) is 45.2 Å². The number of benzene rings is 1. The van der Waals surface area contributed by atoms with Crippen molar-refractivity contribution < 1.29 is 4.79 Å². The molecule has 1 heterocycles. The minimum Gasteiger partial charge on any atom is -0.376 e. The lowest BCUT2D eigenvalue weighted by atomic mass is 10.2. The minimum absolute atomic E-state index is 0.0505. The van der Waals surface area contributed by atoms with E-state index in [9.17, 15) is 4.79 Å². The van der Waals surface area contributed by atoms with Gasteiger partial charge in [0.05, 0.1) is 12.1 Å². The molecule has 0 spiro atoms. The van der Waals surface area contributed by atoms with Gasteiger partial charge in [-0.25, -0.2) is 0 Å². The van der Waals surface area contributed by atoms with Crippen molar-refractivity contribution in [1.82, 2.24) is 9.88 Å². The molecule has 1 amide bonds. The van der Waals surface area contributed by atoms with E-state index >= 15 is 0 Å². The second-order valence-corrected chi connectivity index (χ2v) is 4.72. The Balaban J connectivity index is 2.21. The number of pyridine rings is 1. The molecule has 2 rings (SSSR count). The number of aromatic nitrogens is 1. The third-order valence-corrected chi connectivity index (χ3v) is 3.27. The standard InChI is InChI=1S/C14H16ClN3O/c1-3-18(2)14(19)9-17-13-6-7-16-12-5-4-10(15)8-11(12)13/h4-8H,3,9H2,1-2H3,(H,16,17). The maximum atomic E-state index is 11.8. The fourth-order valence-corrected chi connectivity index (χ4v) is 1.93. The van der Waals surface area contributed by atoms with Crippen molar-refractivity contribution >= 4 is 34.1 Å². The van der Waals surface area contributed by atoms with Gasteiger partial charge in [0.15, 0.2) is 0 Å². The molecule has 0 saturated carbocycles. The summed E-state index contributed by atoms with van der Waals surface area (Å²) in [5.74, 6) is 0.0505. The number of carbonyl (C=O) groups is 1. The van der Waals surface area contributed by atoms with Gasteiger partial charge in [-0.3, -0.25) is 9.78 Å². The first-order valence-corrected chi connectivity index (χ1v) is 6.51. The Labute approximate surface area is 117 Å². The zero-order chi connectivity index (χ0) is 13.8. The summed E-state index contributed by atoms with van der Waals surface area (Å²) in [6, 6.07) is 7.36. The molecular weight excluding hydrogens is 262 g/mol. The van der Waals surface area contributed by atoms with Crippen molar-refractivity contribution in [1.29, 1.82) is 0 Å². The summed E-state index contributed by atoms with van der Waals surface area (Å²) in [4.78, 5) is 17.7. The molecule has 1 aromatic carbocycles. The maximum Gasteiger partial charge on any atom is 0.241 e. The van der Waals surface area contributed by atoms with Crippen LogP contribution in [0.5, 0.6) is 0 Å². The van der Waals surface area contributed by atoms with Gasteiger partial charge in [-0.05, 0) is 31.2 Å². The Hall–Kier alpha value is -1.81. The van der Waals surface area contributed by atoms with Gasteiger partial charge in [0, 0.05) is 35.9 Å². The third kappa shape index (κ3) is 3.15. The highest BCUT2D eigenvalue weighted by Crippen LogP contribution is 2.24. The number of hydrogen-bond acceptors (Lipinski definition) is 3. The van der Waals surface area contributed by atoms with Gasteiger partial charge in [-0.2, -0.15) is 0 Å². The third-order valence-electron chi connectivity index (χ3n) is 3.03. The van der Waals surface area contributed by atoms with Crippen LogP contribution in [0.2, 0.25) is 5.02 Å². The lowest BCUT2D eigenvalue weighted by Gasteiger charge is -2.16. The lowest BCUT2D eigenvalue weighted by Crippen LogP contribution is -2.31. The van der Waals surface area contributed by atoms with Crippen molar-refractivity contribution in [3.8, 4) is 0 Å². The quantitative estimate of drug-likeness (QED) is 0.935. The second kappa shape index (κ2) is 5.89. The van der Waals surface area contributed by atoms with Gasteiger partial charge in [-0.15, -0.1) is 0 Å². The summed E-state index contributed by atoms with van der Waals surface area (Å²) < 4.78 is 0. The Morgan fingerprint density at radius 2 is 2.21 bits per heavy atom. The molecule has 0 radical (unpaired) electrons. The van der Waals surface area contributed by atoms with Gasteiger partial charge in [0.2, 0.25) is 5.91 Å². The number of carbonyl (C=O) groups excluding carboxylic acids is 1. The normalized spacial score (nSPS) is 10.5. The lowest BCUT2D eigenvalue weighted by molar-refractivity contribution is -0.127. The van der Waals surface area contributed by atoms with Crippen LogP contribution < -0.4 is 5.32 Å². The van der Waals surface area contributed by atoms with Crippen LogP contribution in [-0.4, -0.2) is 35.9 Å². The fourth-order valence-electron chi connectivity index (χ4n) is 1.75. The summed E-state index contributed by atoms with van der Waals surface area (Å²) in [5, 5.41) is 4.71. The largest absolute Gasteiger partial charge is 0.376 e. The molecule has 4 nitrogen and oxygen atoms in total. The number of halogens is 1. The number of nitrogens with zero attached hydrogens (tertiary/aromatic N) is 2. The Morgan fingerprint density at radius 3 is 2.95 bits per heavy atom. The first-order chi connectivity index (χ1) is 9.11. The van der Waals surface area contributed by atoms with E-state index in [-0.39, 0.29) is 12.5 Å². The Morgan fingerprint density at radius 1 is 1.42 bits per heavy atom. The first kappa shape index (κ1) is 13.6. The first-order valence-electron chi connectivity index (χ1n) is 6.14. The van der Waals surface area contributed by atoms with Crippen molar-refractivity contribution in [3.63, 3.8) is 0 Å². The highest BCUT2D eigenvalue weighted by atomic mass is 35.5. The van der Waals surface area contributed by atoms with Gasteiger partial charge < -0.3 is 10.2 Å². The van der Waals surface area contributed by atoms with Gasteiger partial charge in [-0.1, -0.05) is 11.6 Å². The molecular formula is C14H16ClN3O. The molecule has 0 saturated heterocycles. The van der Waals surface area contributed by atoms with E-state index in [1.807, 2.05) is 25.1 Å². The highest BCUT2D eigenvalue weighted by molar-refractivity contribution is 6.31. The molecule has 2 aromatic rings. The number of amides is 1. The molecule has 5 heteroatoms. The average Bonchev–Trinajstić information content (AvgIpc) is 2.43. The molecule has 19 heavy (non-hydrogen) atoms. The van der Waals surface area contributed by atoms with Crippen LogP contribution >= 0.6 is 11.6 Å². The number of rotatable bonds is 4. The van der Waals surface area contributed by atoms with E-state index in [0.29, 0.717) is 11.6 Å². The number of nitrogens with one attached hydrogen (secondary N) is 1. The van der Waals surface area contributed by atoms with Crippen molar-refractivity contribution in [3.05, 3.63) is 35.5 Å². The molecule has 1 N–H and O–H groups in total. The average molecular weight is 278 g/mol. The van der Waals surface area contributed by atoms with Crippen molar-refractivity contribution in [2.24, 2.45) is 0 Å². The van der Waals surface area contributed by atoms with Crippen LogP contribution in [0.3, 0.4) is 0 Å². The molecule has 0 aliphatic carbocycles. The molecule has 0 atom stereocenters. The van der Waals surface area contributed by atoms with Crippen LogP contribution in [0.25, 0.3) is 10.9 Å². The van der Waals surface area contributed by atoms with Crippen molar-refractivity contribution in [2.75, 3.05) is 25.5 Å². The molecule has 1 aromatic heterocycles. The number of likely N-dealkylation sites (N-methyl/N-ethyl adjacent to an activating group) is 1. The fraction of sp³-hybridized carbons (Fsp3) is 0.286. The molecule has 0 aliphatic heterocycles. The smallest absolute Gasteiger partial charge is 0.241 e. The summed E-state index contributed by atoms with van der Waals surface area (Å²) in [6.07, 6.45) is 1.71. The van der Waals surface area contributed by atoms with Crippen LogP contribution in [0.15, 0.2) is 30.5 Å². The molecule has 0 bridgehead atoms. The summed E-state index contributed by atoms with van der Waals surface area (Å²) in [7, 11) is 1.78. The second-order valence-electron chi connectivity index (χ2n) is 4.28. The predicted molar refractivity (Wildman–Crippen MR) is 78.6 cm³/mol. The molecule has 0 aliphatic rings. The number of anilines is 1. The van der Waals surface area contributed by atoms with Crippen LogP contribution in [0, 0.1) is 0 Å².